The van der Waals surface area contributed by atoms with Gasteiger partial charge >= 0.3 is 0 Å². The van der Waals surface area contributed by atoms with Crippen molar-refractivity contribution in [1.29, 1.82) is 0 Å². The summed E-state index contributed by atoms with van der Waals surface area (Å²) < 4.78 is 0. The molecule has 3 atom stereocenters. The smallest absolute Gasteiger partial charge is 0.223 e. The van der Waals surface area contributed by atoms with Gasteiger partial charge < -0.3 is 31.9 Å². The van der Waals surface area contributed by atoms with Crippen LogP contribution in [0, 0.1) is 0 Å². The molecule has 19 heavy (non-hydrogen) atoms. The monoisotopic (exact) mass is 268 g/mol. The Kier molecular flexibility index (Phi) is 4.03. The zero-order valence-electron chi connectivity index (χ0n) is 11.0. The Balaban J connectivity index is 2.22. The fourth-order valence-electron chi connectivity index (χ4n) is 2.11. The second kappa shape index (κ2) is 5.55. The molecule has 2 heterocycles. The van der Waals surface area contributed by atoms with E-state index in [1.54, 1.807) is 14.0 Å². The van der Waals surface area contributed by atoms with Crippen LogP contribution in [-0.2, 0) is 6.54 Å². The largest absolute Gasteiger partial charge is 0.391 e. The van der Waals surface area contributed by atoms with Crippen molar-refractivity contribution >= 4 is 17.6 Å². The predicted molar refractivity (Wildman–Crippen MR) is 72.8 cm³/mol. The third-order valence-electron chi connectivity index (χ3n) is 3.20. The molecule has 2 rings (SSSR count). The van der Waals surface area contributed by atoms with E-state index in [-0.39, 0.29) is 12.0 Å². The molecule has 1 aromatic heterocycles. The van der Waals surface area contributed by atoms with Crippen LogP contribution >= 0.6 is 0 Å². The molecule has 0 fully saturated rings. The van der Waals surface area contributed by atoms with E-state index >= 15 is 0 Å². The van der Waals surface area contributed by atoms with Crippen molar-refractivity contribution in [3.63, 3.8) is 0 Å². The number of hydrogen-bond acceptors (Lipinski definition) is 8. The van der Waals surface area contributed by atoms with E-state index in [0.717, 1.165) is 5.56 Å². The van der Waals surface area contributed by atoms with Gasteiger partial charge in [0.2, 0.25) is 5.95 Å². The van der Waals surface area contributed by atoms with Gasteiger partial charge in [0.25, 0.3) is 0 Å². The summed E-state index contributed by atoms with van der Waals surface area (Å²) in [6, 6.07) is -0.278. The number of aliphatic hydroxyl groups excluding tert-OH is 2. The van der Waals surface area contributed by atoms with Crippen LogP contribution in [0.15, 0.2) is 0 Å². The van der Waals surface area contributed by atoms with Crippen molar-refractivity contribution in [3.8, 4) is 0 Å². The zero-order valence-corrected chi connectivity index (χ0v) is 11.0. The summed E-state index contributed by atoms with van der Waals surface area (Å²) in [5, 5.41) is 28.6. The van der Waals surface area contributed by atoms with E-state index in [0.29, 0.717) is 24.7 Å². The van der Waals surface area contributed by atoms with Crippen LogP contribution in [0.25, 0.3) is 0 Å². The second-order valence-electron chi connectivity index (χ2n) is 4.61. The summed E-state index contributed by atoms with van der Waals surface area (Å²) >= 11 is 0. The molecule has 1 aromatic rings. The molecular weight excluding hydrogens is 248 g/mol. The van der Waals surface area contributed by atoms with E-state index in [2.05, 4.69) is 25.9 Å². The summed E-state index contributed by atoms with van der Waals surface area (Å²) in [7, 11) is 1.76. The molecule has 0 aromatic carbocycles. The quantitative estimate of drug-likeness (QED) is 0.400. The van der Waals surface area contributed by atoms with Crippen LogP contribution in [0.4, 0.5) is 17.6 Å². The van der Waals surface area contributed by atoms with Gasteiger partial charge in [-0.25, -0.2) is 0 Å². The number of nitrogen functional groups attached to an aromatic ring is 1. The number of anilines is 3. The van der Waals surface area contributed by atoms with Gasteiger partial charge in [0.15, 0.2) is 0 Å². The number of nitrogens with one attached hydrogen (secondary N) is 3. The maximum atomic E-state index is 9.91. The Morgan fingerprint density at radius 3 is 2.79 bits per heavy atom. The van der Waals surface area contributed by atoms with Crippen molar-refractivity contribution in [2.24, 2.45) is 0 Å². The van der Waals surface area contributed by atoms with Gasteiger partial charge in [0, 0.05) is 20.1 Å². The zero-order chi connectivity index (χ0) is 14.0. The lowest BCUT2D eigenvalue weighted by atomic mass is 10.1. The average molecular weight is 268 g/mol. The minimum Gasteiger partial charge on any atom is -0.391 e. The van der Waals surface area contributed by atoms with E-state index in [1.807, 2.05) is 0 Å². The summed E-state index contributed by atoms with van der Waals surface area (Å²) in [4.78, 5) is 8.27. The van der Waals surface area contributed by atoms with Crippen LogP contribution < -0.4 is 21.7 Å². The lowest BCUT2D eigenvalue weighted by Crippen LogP contribution is -2.47. The first-order valence-corrected chi connectivity index (χ1v) is 6.20. The molecule has 8 nitrogen and oxygen atoms in total. The summed E-state index contributed by atoms with van der Waals surface area (Å²) in [6.07, 6.45) is -1.66. The summed E-state index contributed by atoms with van der Waals surface area (Å²) in [5.74, 6) is 1.48. The van der Waals surface area contributed by atoms with E-state index in [4.69, 9.17) is 5.73 Å². The van der Waals surface area contributed by atoms with Gasteiger partial charge in [-0.2, -0.15) is 9.97 Å². The van der Waals surface area contributed by atoms with E-state index in [9.17, 15) is 10.2 Å². The van der Waals surface area contributed by atoms with Crippen LogP contribution in [0.1, 0.15) is 12.5 Å². The van der Waals surface area contributed by atoms with Gasteiger partial charge in [-0.05, 0) is 6.92 Å². The molecule has 0 aliphatic carbocycles. The number of aliphatic hydroxyl groups is 2. The first kappa shape index (κ1) is 13.8. The van der Waals surface area contributed by atoms with Crippen LogP contribution in [0.3, 0.4) is 0 Å². The van der Waals surface area contributed by atoms with E-state index < -0.39 is 12.2 Å². The van der Waals surface area contributed by atoms with Crippen LogP contribution in [-0.4, -0.2) is 52.0 Å². The molecule has 1 aliphatic heterocycles. The predicted octanol–water partition coefficient (Wildman–Crippen LogP) is -1.27. The Morgan fingerprint density at radius 2 is 2.16 bits per heavy atom. The van der Waals surface area contributed by atoms with Crippen molar-refractivity contribution < 1.29 is 10.2 Å². The molecule has 8 heteroatoms. The minimum absolute atomic E-state index is 0.185. The van der Waals surface area contributed by atoms with Crippen molar-refractivity contribution in [3.05, 3.63) is 5.56 Å². The third kappa shape index (κ3) is 2.86. The molecule has 0 saturated carbocycles. The molecular formula is C11H20N6O2. The Morgan fingerprint density at radius 1 is 1.42 bits per heavy atom. The van der Waals surface area contributed by atoms with Gasteiger partial charge in [0.1, 0.15) is 11.6 Å². The number of rotatable bonds is 3. The highest BCUT2D eigenvalue weighted by Gasteiger charge is 2.27. The van der Waals surface area contributed by atoms with Gasteiger partial charge in [-0.15, -0.1) is 0 Å². The molecule has 7 N–H and O–H groups in total. The fourth-order valence-corrected chi connectivity index (χ4v) is 2.11. The highest BCUT2D eigenvalue weighted by atomic mass is 16.3. The van der Waals surface area contributed by atoms with Crippen LogP contribution in [0.5, 0.6) is 0 Å². The van der Waals surface area contributed by atoms with Gasteiger partial charge in [0.05, 0.1) is 23.8 Å². The first-order valence-electron chi connectivity index (χ1n) is 6.20. The fraction of sp³-hybridized carbons (Fsp3) is 0.636. The molecule has 0 saturated heterocycles. The first-order chi connectivity index (χ1) is 9.02. The standard InChI is InChI=1S/C11H20N6O2/c1-5(18)8(19)7-4-15-10-6(3-14-7)9(13-2)16-11(12)17-10/h5,7-8,14,18-19H,3-4H2,1-2H3,(H4,12,13,15,16,17). The lowest BCUT2D eigenvalue weighted by molar-refractivity contribution is 0.00944. The minimum atomic E-state index is -0.856. The Bertz CT molecular complexity index is 453. The molecule has 1 aliphatic rings. The normalized spacial score (nSPS) is 21.8. The molecule has 0 radical (unpaired) electrons. The Hall–Kier alpha value is -1.64. The average Bonchev–Trinajstić information content (AvgIpc) is 2.59. The van der Waals surface area contributed by atoms with Crippen molar-refractivity contribution in [1.82, 2.24) is 15.3 Å². The van der Waals surface area contributed by atoms with Gasteiger partial charge in [-0.3, -0.25) is 0 Å². The highest BCUT2D eigenvalue weighted by Crippen LogP contribution is 2.24. The molecule has 0 amide bonds. The molecule has 0 spiro atoms. The van der Waals surface area contributed by atoms with E-state index in [1.165, 1.54) is 0 Å². The van der Waals surface area contributed by atoms with Crippen LogP contribution in [0.2, 0.25) is 0 Å². The number of nitrogens with zero attached hydrogens (tertiary/aromatic N) is 2. The Labute approximate surface area is 111 Å². The van der Waals surface area contributed by atoms with Gasteiger partial charge in [-0.1, -0.05) is 0 Å². The summed E-state index contributed by atoms with van der Waals surface area (Å²) in [5.41, 5.74) is 6.50. The maximum absolute atomic E-state index is 9.91. The highest BCUT2D eigenvalue weighted by molar-refractivity contribution is 5.60. The molecule has 3 unspecified atom stereocenters. The number of hydrogen-bond donors (Lipinski definition) is 6. The SMILES string of the molecule is CNc1nc(N)nc2c1CNC(C(O)C(C)O)CN2. The number of fused-ring (bicyclic) bond motifs is 1. The second-order valence-corrected chi connectivity index (χ2v) is 4.61. The summed E-state index contributed by atoms with van der Waals surface area (Å²) in [6.45, 7) is 2.48. The van der Waals surface area contributed by atoms with Crippen molar-refractivity contribution in [2.75, 3.05) is 30.0 Å². The lowest BCUT2D eigenvalue weighted by Gasteiger charge is -2.24. The number of nitrogens with two attached hydrogens (primary N) is 1. The maximum Gasteiger partial charge on any atom is 0.223 e. The topological polar surface area (TPSA) is 128 Å². The van der Waals surface area contributed by atoms with Crippen molar-refractivity contribution in [2.45, 2.75) is 31.7 Å². The molecule has 106 valence electrons. The molecule has 0 bridgehead atoms. The third-order valence-corrected chi connectivity index (χ3v) is 3.20. The number of aromatic nitrogens is 2.